The van der Waals surface area contributed by atoms with Crippen LogP contribution in [0, 0.1) is 13.8 Å². The van der Waals surface area contributed by atoms with Crippen LogP contribution in [0.25, 0.3) is 5.65 Å². The van der Waals surface area contributed by atoms with Gasteiger partial charge in [-0.3, -0.25) is 0 Å². The quantitative estimate of drug-likeness (QED) is 0.675. The summed E-state index contributed by atoms with van der Waals surface area (Å²) in [4.78, 5) is 8.43. The number of fused-ring (bicyclic) bond motifs is 1. The van der Waals surface area contributed by atoms with Crippen LogP contribution in [0.5, 0.6) is 0 Å². The molecule has 0 saturated carbocycles. The minimum atomic E-state index is -4.62. The molecule has 0 amide bonds. The van der Waals surface area contributed by atoms with Gasteiger partial charge >= 0.3 is 6.18 Å². The minimum Gasteiger partial charge on any atom is -0.228 e. The summed E-state index contributed by atoms with van der Waals surface area (Å²) in [6.07, 6.45) is -4.62. The molecule has 3 heterocycles. The molecule has 114 valence electrons. The van der Waals surface area contributed by atoms with Crippen molar-refractivity contribution in [1.82, 2.24) is 29.8 Å². The predicted molar refractivity (Wildman–Crippen MR) is 71.4 cm³/mol. The van der Waals surface area contributed by atoms with Crippen LogP contribution in [0.3, 0.4) is 0 Å². The Bertz CT molecular complexity index is 824. The average Bonchev–Trinajstić information content (AvgIpc) is 2.80. The van der Waals surface area contributed by atoms with Crippen LogP contribution in [-0.4, -0.2) is 29.8 Å². The molecule has 0 saturated heterocycles. The largest absolute Gasteiger partial charge is 0.453 e. The fourth-order valence-electron chi connectivity index (χ4n) is 1.84. The molecule has 0 aromatic carbocycles. The maximum Gasteiger partial charge on any atom is 0.453 e. The number of aryl methyl sites for hydroxylation is 2. The fourth-order valence-corrected chi connectivity index (χ4v) is 2.66. The minimum absolute atomic E-state index is 0.0259. The molecule has 0 fully saturated rings. The second kappa shape index (κ2) is 5.20. The molecule has 0 aliphatic heterocycles. The van der Waals surface area contributed by atoms with Gasteiger partial charge < -0.3 is 0 Å². The lowest BCUT2D eigenvalue weighted by Crippen LogP contribution is -2.12. The molecule has 0 aliphatic carbocycles. The highest BCUT2D eigenvalue weighted by molar-refractivity contribution is 7.99. The number of alkyl halides is 3. The van der Waals surface area contributed by atoms with Crippen LogP contribution < -0.4 is 0 Å². The Morgan fingerprint density at radius 3 is 2.36 bits per heavy atom. The van der Waals surface area contributed by atoms with Crippen molar-refractivity contribution in [2.45, 2.75) is 30.2 Å². The van der Waals surface area contributed by atoms with Crippen LogP contribution in [0.4, 0.5) is 13.2 Å². The third-order valence-corrected chi connectivity index (χ3v) is 3.44. The summed E-state index contributed by atoms with van der Waals surface area (Å²) < 4.78 is 39.1. The molecule has 0 N–H and O–H groups in total. The number of rotatable bonds is 2. The van der Waals surface area contributed by atoms with E-state index in [0.717, 1.165) is 23.1 Å². The summed E-state index contributed by atoms with van der Waals surface area (Å²) in [6, 6.07) is 4.78. The Kier molecular flexibility index (Phi) is 3.47. The lowest BCUT2D eigenvalue weighted by atomic mass is 10.4. The molecule has 0 spiro atoms. The molecule has 22 heavy (non-hydrogen) atoms. The van der Waals surface area contributed by atoms with Crippen LogP contribution in [0.15, 0.2) is 28.4 Å². The van der Waals surface area contributed by atoms with Crippen LogP contribution in [0.1, 0.15) is 17.2 Å². The number of hydrogen-bond acceptors (Lipinski definition) is 6. The summed E-state index contributed by atoms with van der Waals surface area (Å²) in [5.41, 5.74) is 1.57. The van der Waals surface area contributed by atoms with Gasteiger partial charge in [-0.1, -0.05) is 0 Å². The van der Waals surface area contributed by atoms with E-state index in [1.165, 1.54) is 6.07 Å². The first-order valence-corrected chi connectivity index (χ1v) is 6.94. The molecular weight excluding hydrogens is 317 g/mol. The van der Waals surface area contributed by atoms with Crippen molar-refractivity contribution in [1.29, 1.82) is 0 Å². The van der Waals surface area contributed by atoms with E-state index < -0.39 is 12.0 Å². The molecule has 0 aliphatic rings. The summed E-state index contributed by atoms with van der Waals surface area (Å²) in [5, 5.41) is 11.2. The number of aromatic nitrogens is 6. The molecule has 3 aromatic rings. The van der Waals surface area contributed by atoms with Gasteiger partial charge in [0.05, 0.1) is 0 Å². The molecule has 10 heteroatoms. The standard InChI is InChI=1S/C12H9F3N6S/c1-6-5-7(2)17-11(16-6)22-9-4-3-8-18-19-10(12(13,14)15)21(8)20-9/h3-5H,1-2H3. The monoisotopic (exact) mass is 326 g/mol. The van der Waals surface area contributed by atoms with Gasteiger partial charge in [0, 0.05) is 11.4 Å². The third kappa shape index (κ3) is 2.86. The summed E-state index contributed by atoms with van der Waals surface area (Å²) in [6.45, 7) is 3.63. The van der Waals surface area contributed by atoms with E-state index in [1.54, 1.807) is 6.07 Å². The maximum absolute atomic E-state index is 12.8. The molecule has 6 nitrogen and oxygen atoms in total. The number of halogens is 3. The Morgan fingerprint density at radius 2 is 1.73 bits per heavy atom. The van der Waals surface area contributed by atoms with Crippen molar-refractivity contribution in [3.8, 4) is 0 Å². The molecule has 3 aromatic heterocycles. The highest BCUT2D eigenvalue weighted by atomic mass is 32.2. The molecule has 0 atom stereocenters. The van der Waals surface area contributed by atoms with Crippen molar-refractivity contribution in [2.75, 3.05) is 0 Å². The Hall–Kier alpha value is -2.23. The summed E-state index contributed by atoms with van der Waals surface area (Å²) in [5.74, 6) is -1.16. The van der Waals surface area contributed by atoms with Crippen molar-refractivity contribution in [3.63, 3.8) is 0 Å². The summed E-state index contributed by atoms with van der Waals surface area (Å²) >= 11 is 1.08. The highest BCUT2D eigenvalue weighted by Crippen LogP contribution is 2.29. The van der Waals surface area contributed by atoms with Crippen molar-refractivity contribution < 1.29 is 13.2 Å². The summed E-state index contributed by atoms with van der Waals surface area (Å²) in [7, 11) is 0. The van der Waals surface area contributed by atoms with Gasteiger partial charge in [-0.2, -0.15) is 22.8 Å². The zero-order chi connectivity index (χ0) is 15.9. The van der Waals surface area contributed by atoms with E-state index in [2.05, 4.69) is 25.3 Å². The predicted octanol–water partition coefficient (Wildman–Crippen LogP) is 2.70. The Labute approximate surface area is 126 Å². The van der Waals surface area contributed by atoms with E-state index in [1.807, 2.05) is 19.9 Å². The van der Waals surface area contributed by atoms with Crippen LogP contribution in [-0.2, 0) is 6.18 Å². The molecular formula is C12H9F3N6S. The topological polar surface area (TPSA) is 68.9 Å². The first-order chi connectivity index (χ1) is 10.3. The lowest BCUT2D eigenvalue weighted by Gasteiger charge is -2.05. The first-order valence-electron chi connectivity index (χ1n) is 6.13. The second-order valence-electron chi connectivity index (χ2n) is 4.50. The second-order valence-corrected chi connectivity index (χ2v) is 5.49. The maximum atomic E-state index is 12.8. The zero-order valence-electron chi connectivity index (χ0n) is 11.5. The molecule has 0 radical (unpaired) electrons. The Morgan fingerprint density at radius 1 is 1.05 bits per heavy atom. The normalized spacial score (nSPS) is 12.0. The van der Waals surface area contributed by atoms with Gasteiger partial charge in [-0.05, 0) is 43.8 Å². The van der Waals surface area contributed by atoms with E-state index in [4.69, 9.17) is 0 Å². The van der Waals surface area contributed by atoms with Gasteiger partial charge in [0.2, 0.25) is 0 Å². The van der Waals surface area contributed by atoms with Gasteiger partial charge in [0.25, 0.3) is 5.82 Å². The van der Waals surface area contributed by atoms with Gasteiger partial charge in [-0.25, -0.2) is 9.97 Å². The van der Waals surface area contributed by atoms with E-state index in [0.29, 0.717) is 14.7 Å². The zero-order valence-corrected chi connectivity index (χ0v) is 12.3. The average molecular weight is 326 g/mol. The van der Waals surface area contributed by atoms with E-state index in [9.17, 15) is 13.2 Å². The van der Waals surface area contributed by atoms with Gasteiger partial charge in [0.15, 0.2) is 10.8 Å². The van der Waals surface area contributed by atoms with Crippen LogP contribution >= 0.6 is 11.8 Å². The molecule has 3 rings (SSSR count). The van der Waals surface area contributed by atoms with Crippen molar-refractivity contribution >= 4 is 17.4 Å². The third-order valence-electron chi connectivity index (χ3n) is 2.65. The smallest absolute Gasteiger partial charge is 0.228 e. The van der Waals surface area contributed by atoms with E-state index in [-0.39, 0.29) is 5.65 Å². The van der Waals surface area contributed by atoms with Crippen molar-refractivity contribution in [2.24, 2.45) is 0 Å². The van der Waals surface area contributed by atoms with Crippen molar-refractivity contribution in [3.05, 3.63) is 35.4 Å². The highest BCUT2D eigenvalue weighted by Gasteiger charge is 2.37. The first kappa shape index (κ1) is 14.7. The van der Waals surface area contributed by atoms with Crippen LogP contribution in [0.2, 0.25) is 0 Å². The SMILES string of the molecule is Cc1cc(C)nc(Sc2ccc3nnc(C(F)(F)F)n3n2)n1. The number of hydrogen-bond donors (Lipinski definition) is 0. The Balaban J connectivity index is 2.01. The van der Waals surface area contributed by atoms with Gasteiger partial charge in [-0.15, -0.1) is 10.2 Å². The van der Waals surface area contributed by atoms with Gasteiger partial charge in [0.1, 0.15) is 5.03 Å². The number of nitrogens with zero attached hydrogens (tertiary/aromatic N) is 6. The van der Waals surface area contributed by atoms with E-state index >= 15 is 0 Å². The lowest BCUT2D eigenvalue weighted by molar-refractivity contribution is -0.146. The fraction of sp³-hybridized carbons (Fsp3) is 0.250. The molecule has 0 bridgehead atoms. The molecule has 0 unspecified atom stereocenters.